The summed E-state index contributed by atoms with van der Waals surface area (Å²) in [5, 5.41) is 9.06. The van der Waals surface area contributed by atoms with Gasteiger partial charge in [0.05, 0.1) is 5.92 Å². The number of carboxylic acids is 1. The summed E-state index contributed by atoms with van der Waals surface area (Å²) in [6, 6.07) is 0. The standard InChI is InChI=1S/C19H32N2O4/c1-3-4-11-20(2)17(22)15-9-12-21(13-10-15)18(23)14-5-7-16(8-6-14)19(24)25/h14-16H,3-13H2,1-2H3,(H,24,25). The van der Waals surface area contributed by atoms with E-state index in [1.165, 1.54) is 0 Å². The van der Waals surface area contributed by atoms with E-state index in [9.17, 15) is 14.4 Å². The number of piperidine rings is 1. The van der Waals surface area contributed by atoms with Crippen molar-refractivity contribution in [1.29, 1.82) is 0 Å². The zero-order chi connectivity index (χ0) is 18.4. The molecule has 0 radical (unpaired) electrons. The Labute approximate surface area is 150 Å². The van der Waals surface area contributed by atoms with Crippen molar-refractivity contribution in [2.45, 2.75) is 58.3 Å². The molecule has 1 saturated carbocycles. The molecule has 0 aromatic rings. The molecule has 6 heteroatoms. The van der Waals surface area contributed by atoms with Crippen LogP contribution in [0.3, 0.4) is 0 Å². The van der Waals surface area contributed by atoms with Crippen molar-refractivity contribution in [1.82, 2.24) is 9.80 Å². The van der Waals surface area contributed by atoms with Crippen LogP contribution in [0.4, 0.5) is 0 Å². The van der Waals surface area contributed by atoms with Crippen LogP contribution in [0.5, 0.6) is 0 Å². The lowest BCUT2D eigenvalue weighted by Gasteiger charge is -2.36. The number of amides is 2. The first kappa shape index (κ1) is 19.7. The monoisotopic (exact) mass is 352 g/mol. The third kappa shape index (κ3) is 5.19. The largest absolute Gasteiger partial charge is 0.481 e. The van der Waals surface area contributed by atoms with Gasteiger partial charge in [0.1, 0.15) is 0 Å². The van der Waals surface area contributed by atoms with Crippen LogP contribution in [0.25, 0.3) is 0 Å². The molecule has 1 heterocycles. The predicted molar refractivity (Wildman–Crippen MR) is 94.9 cm³/mol. The van der Waals surface area contributed by atoms with Gasteiger partial charge in [0, 0.05) is 38.5 Å². The average molecular weight is 352 g/mol. The Morgan fingerprint density at radius 1 is 0.960 bits per heavy atom. The molecule has 2 fully saturated rings. The minimum Gasteiger partial charge on any atom is -0.481 e. The second kappa shape index (κ2) is 9.20. The lowest BCUT2D eigenvalue weighted by Crippen LogP contribution is -2.46. The molecule has 0 bridgehead atoms. The highest BCUT2D eigenvalue weighted by molar-refractivity contribution is 5.81. The molecule has 0 aromatic heterocycles. The van der Waals surface area contributed by atoms with Crippen LogP contribution in [0.1, 0.15) is 58.3 Å². The molecule has 2 rings (SSSR count). The summed E-state index contributed by atoms with van der Waals surface area (Å²) < 4.78 is 0. The predicted octanol–water partition coefficient (Wildman–Crippen LogP) is 2.37. The minimum atomic E-state index is -0.739. The van der Waals surface area contributed by atoms with Crippen molar-refractivity contribution in [3.05, 3.63) is 0 Å². The topological polar surface area (TPSA) is 77.9 Å². The first-order chi connectivity index (χ1) is 11.9. The van der Waals surface area contributed by atoms with E-state index in [1.54, 1.807) is 0 Å². The fourth-order valence-corrected chi connectivity index (χ4v) is 4.01. The summed E-state index contributed by atoms with van der Waals surface area (Å²) in [5.41, 5.74) is 0. The highest BCUT2D eigenvalue weighted by atomic mass is 16.4. The first-order valence-corrected chi connectivity index (χ1v) is 9.70. The van der Waals surface area contributed by atoms with Gasteiger partial charge in [-0.1, -0.05) is 13.3 Å². The van der Waals surface area contributed by atoms with Gasteiger partial charge in [0.2, 0.25) is 11.8 Å². The summed E-state index contributed by atoms with van der Waals surface area (Å²) in [5.74, 6) is -0.649. The molecule has 142 valence electrons. The summed E-state index contributed by atoms with van der Waals surface area (Å²) in [6.07, 6.45) is 6.14. The third-order valence-electron chi connectivity index (χ3n) is 5.80. The minimum absolute atomic E-state index is 0.0323. The second-order valence-electron chi connectivity index (χ2n) is 7.60. The van der Waals surface area contributed by atoms with Crippen LogP contribution in [0.15, 0.2) is 0 Å². The van der Waals surface area contributed by atoms with Crippen LogP contribution < -0.4 is 0 Å². The number of aliphatic carboxylic acids is 1. The van der Waals surface area contributed by atoms with Crippen molar-refractivity contribution in [2.24, 2.45) is 17.8 Å². The van der Waals surface area contributed by atoms with Gasteiger partial charge in [0.15, 0.2) is 0 Å². The molecule has 2 amide bonds. The van der Waals surface area contributed by atoms with Crippen molar-refractivity contribution in [2.75, 3.05) is 26.7 Å². The van der Waals surface area contributed by atoms with Crippen molar-refractivity contribution in [3.8, 4) is 0 Å². The fraction of sp³-hybridized carbons (Fsp3) is 0.842. The van der Waals surface area contributed by atoms with Gasteiger partial charge in [-0.2, -0.15) is 0 Å². The van der Waals surface area contributed by atoms with Crippen LogP contribution in [0.2, 0.25) is 0 Å². The van der Waals surface area contributed by atoms with Gasteiger partial charge in [-0.3, -0.25) is 14.4 Å². The Morgan fingerprint density at radius 3 is 2.04 bits per heavy atom. The number of carbonyl (C=O) groups excluding carboxylic acids is 2. The number of nitrogens with zero attached hydrogens (tertiary/aromatic N) is 2. The summed E-state index contributed by atoms with van der Waals surface area (Å²) in [6.45, 7) is 4.22. The molecule has 1 saturated heterocycles. The quantitative estimate of drug-likeness (QED) is 0.796. The van der Waals surface area contributed by atoms with Crippen molar-refractivity contribution in [3.63, 3.8) is 0 Å². The molecule has 2 aliphatic rings. The van der Waals surface area contributed by atoms with E-state index in [2.05, 4.69) is 6.92 Å². The van der Waals surface area contributed by atoms with Gasteiger partial charge >= 0.3 is 5.97 Å². The van der Waals surface area contributed by atoms with E-state index < -0.39 is 5.97 Å². The van der Waals surface area contributed by atoms with Gasteiger partial charge in [0.25, 0.3) is 0 Å². The molecular formula is C19H32N2O4. The van der Waals surface area contributed by atoms with Gasteiger partial charge in [-0.05, 0) is 44.9 Å². The maximum atomic E-state index is 12.7. The number of carboxylic acid groups (broad SMARTS) is 1. The Balaban J connectivity index is 1.77. The molecule has 0 aromatic carbocycles. The molecular weight excluding hydrogens is 320 g/mol. The summed E-state index contributed by atoms with van der Waals surface area (Å²) in [4.78, 5) is 39.9. The van der Waals surface area contributed by atoms with Crippen LogP contribution >= 0.6 is 0 Å². The SMILES string of the molecule is CCCCN(C)C(=O)C1CCN(C(=O)C2CCC(C(=O)O)CC2)CC1. The van der Waals surface area contributed by atoms with Gasteiger partial charge < -0.3 is 14.9 Å². The molecule has 0 unspecified atom stereocenters. The van der Waals surface area contributed by atoms with Crippen molar-refractivity contribution >= 4 is 17.8 Å². The molecule has 0 atom stereocenters. The molecule has 1 N–H and O–H groups in total. The normalized spacial score (nSPS) is 24.8. The van der Waals surface area contributed by atoms with E-state index in [0.29, 0.717) is 38.8 Å². The number of unbranched alkanes of at least 4 members (excludes halogenated alkanes) is 1. The van der Waals surface area contributed by atoms with Gasteiger partial charge in [-0.15, -0.1) is 0 Å². The molecule has 1 aliphatic carbocycles. The number of carbonyl (C=O) groups is 3. The summed E-state index contributed by atoms with van der Waals surface area (Å²) >= 11 is 0. The average Bonchev–Trinajstić information content (AvgIpc) is 2.65. The Bertz CT molecular complexity index is 478. The fourth-order valence-electron chi connectivity index (χ4n) is 4.01. The van der Waals surface area contributed by atoms with E-state index >= 15 is 0 Å². The highest BCUT2D eigenvalue weighted by Crippen LogP contribution is 2.31. The maximum Gasteiger partial charge on any atom is 0.306 e. The molecule has 6 nitrogen and oxygen atoms in total. The van der Waals surface area contributed by atoms with E-state index in [1.807, 2.05) is 16.8 Å². The van der Waals surface area contributed by atoms with E-state index in [0.717, 1.165) is 32.2 Å². The zero-order valence-electron chi connectivity index (χ0n) is 15.6. The lowest BCUT2D eigenvalue weighted by molar-refractivity contribution is -0.146. The Morgan fingerprint density at radius 2 is 1.52 bits per heavy atom. The first-order valence-electron chi connectivity index (χ1n) is 9.70. The lowest BCUT2D eigenvalue weighted by atomic mass is 9.81. The smallest absolute Gasteiger partial charge is 0.306 e. The molecule has 25 heavy (non-hydrogen) atoms. The van der Waals surface area contributed by atoms with Gasteiger partial charge in [-0.25, -0.2) is 0 Å². The van der Waals surface area contributed by atoms with Crippen molar-refractivity contribution < 1.29 is 19.5 Å². The third-order valence-corrected chi connectivity index (χ3v) is 5.80. The molecule has 1 aliphatic heterocycles. The number of hydrogen-bond acceptors (Lipinski definition) is 3. The van der Waals surface area contributed by atoms with E-state index in [-0.39, 0.29) is 29.6 Å². The van der Waals surface area contributed by atoms with Crippen LogP contribution in [-0.2, 0) is 14.4 Å². The number of hydrogen-bond donors (Lipinski definition) is 1. The van der Waals surface area contributed by atoms with Crippen LogP contribution in [0, 0.1) is 17.8 Å². The molecule has 0 spiro atoms. The Hall–Kier alpha value is -1.59. The van der Waals surface area contributed by atoms with Crippen LogP contribution in [-0.4, -0.2) is 59.4 Å². The summed E-state index contributed by atoms with van der Waals surface area (Å²) in [7, 11) is 1.87. The maximum absolute atomic E-state index is 12.7. The number of rotatable bonds is 6. The van der Waals surface area contributed by atoms with E-state index in [4.69, 9.17) is 5.11 Å². The number of likely N-dealkylation sites (tertiary alicyclic amines) is 1. The second-order valence-corrected chi connectivity index (χ2v) is 7.60. The Kier molecular flexibility index (Phi) is 7.26. The zero-order valence-corrected chi connectivity index (χ0v) is 15.6. The highest BCUT2D eigenvalue weighted by Gasteiger charge is 2.34.